The lowest BCUT2D eigenvalue weighted by Gasteiger charge is -2.28. The first kappa shape index (κ1) is 10.5. The fraction of sp³-hybridized carbons (Fsp3) is 1.00. The van der Waals surface area contributed by atoms with Crippen LogP contribution in [0.15, 0.2) is 0 Å². The van der Waals surface area contributed by atoms with Crippen molar-refractivity contribution in [3.8, 4) is 0 Å². The molecule has 1 nitrogen and oxygen atoms in total. The molecule has 2 saturated carbocycles. The quantitative estimate of drug-likeness (QED) is 0.709. The summed E-state index contributed by atoms with van der Waals surface area (Å²) >= 11 is 0. The molecule has 0 aromatic carbocycles. The predicted molar refractivity (Wildman–Crippen MR) is 61.4 cm³/mol. The van der Waals surface area contributed by atoms with Crippen LogP contribution < -0.4 is 5.32 Å². The highest BCUT2D eigenvalue weighted by Gasteiger charge is 2.20. The van der Waals surface area contributed by atoms with Crippen molar-refractivity contribution in [3.05, 3.63) is 0 Å². The molecule has 0 radical (unpaired) electrons. The Morgan fingerprint density at radius 3 is 2.36 bits per heavy atom. The first-order valence-electron chi connectivity index (χ1n) is 6.58. The van der Waals surface area contributed by atoms with Gasteiger partial charge in [0.05, 0.1) is 0 Å². The second-order valence-electron chi connectivity index (χ2n) is 5.53. The standard InChI is InChI=1S/C13H25N/c1-11(9-12-5-2-3-6-12)10-14-13-7-4-8-13/h11-14H,2-10H2,1H3. The number of hydrogen-bond donors (Lipinski definition) is 1. The third-order valence-corrected chi connectivity index (χ3v) is 4.07. The third kappa shape index (κ3) is 2.98. The van der Waals surface area contributed by atoms with Gasteiger partial charge in [-0.15, -0.1) is 0 Å². The van der Waals surface area contributed by atoms with Crippen LogP contribution in [0.25, 0.3) is 0 Å². The molecule has 14 heavy (non-hydrogen) atoms. The van der Waals surface area contributed by atoms with Gasteiger partial charge in [0.15, 0.2) is 0 Å². The van der Waals surface area contributed by atoms with E-state index in [1.807, 2.05) is 0 Å². The summed E-state index contributed by atoms with van der Waals surface area (Å²) in [6, 6.07) is 0.876. The lowest BCUT2D eigenvalue weighted by Crippen LogP contribution is -2.37. The van der Waals surface area contributed by atoms with E-state index in [2.05, 4.69) is 12.2 Å². The minimum absolute atomic E-state index is 0.876. The fourth-order valence-corrected chi connectivity index (χ4v) is 2.88. The second-order valence-corrected chi connectivity index (χ2v) is 5.53. The van der Waals surface area contributed by atoms with Crippen LogP contribution in [0.1, 0.15) is 58.3 Å². The van der Waals surface area contributed by atoms with E-state index in [9.17, 15) is 0 Å². The first-order valence-corrected chi connectivity index (χ1v) is 6.58. The molecular weight excluding hydrogens is 170 g/mol. The molecule has 0 aliphatic heterocycles. The summed E-state index contributed by atoms with van der Waals surface area (Å²) in [6.45, 7) is 3.69. The van der Waals surface area contributed by atoms with Crippen LogP contribution in [0.4, 0.5) is 0 Å². The SMILES string of the molecule is CC(CNC1CCC1)CC1CCCC1. The average molecular weight is 195 g/mol. The topological polar surface area (TPSA) is 12.0 Å². The predicted octanol–water partition coefficient (Wildman–Crippen LogP) is 3.34. The van der Waals surface area contributed by atoms with Crippen molar-refractivity contribution in [2.24, 2.45) is 11.8 Å². The van der Waals surface area contributed by atoms with Gasteiger partial charge in [0, 0.05) is 6.04 Å². The lowest BCUT2D eigenvalue weighted by atomic mass is 9.91. The molecule has 2 fully saturated rings. The summed E-state index contributed by atoms with van der Waals surface area (Å²) in [4.78, 5) is 0. The molecule has 82 valence electrons. The Kier molecular flexibility index (Phi) is 3.86. The summed E-state index contributed by atoms with van der Waals surface area (Å²) in [6.07, 6.45) is 11.8. The van der Waals surface area contributed by atoms with Crippen molar-refractivity contribution in [1.82, 2.24) is 5.32 Å². The number of rotatable bonds is 5. The zero-order chi connectivity index (χ0) is 9.80. The van der Waals surface area contributed by atoms with E-state index < -0.39 is 0 Å². The van der Waals surface area contributed by atoms with Crippen LogP contribution in [0.2, 0.25) is 0 Å². The van der Waals surface area contributed by atoms with Gasteiger partial charge in [-0.2, -0.15) is 0 Å². The van der Waals surface area contributed by atoms with Crippen molar-refractivity contribution in [2.45, 2.75) is 64.3 Å². The van der Waals surface area contributed by atoms with Gasteiger partial charge in [0.1, 0.15) is 0 Å². The Morgan fingerprint density at radius 2 is 1.79 bits per heavy atom. The van der Waals surface area contributed by atoms with Gasteiger partial charge in [0.25, 0.3) is 0 Å². The minimum atomic E-state index is 0.876. The van der Waals surface area contributed by atoms with Gasteiger partial charge in [-0.3, -0.25) is 0 Å². The van der Waals surface area contributed by atoms with Gasteiger partial charge >= 0.3 is 0 Å². The Balaban J connectivity index is 1.55. The van der Waals surface area contributed by atoms with E-state index in [0.29, 0.717) is 0 Å². The molecule has 0 aromatic heterocycles. The van der Waals surface area contributed by atoms with Crippen molar-refractivity contribution in [2.75, 3.05) is 6.54 Å². The summed E-state index contributed by atoms with van der Waals surface area (Å²) < 4.78 is 0. The monoisotopic (exact) mass is 195 g/mol. The molecule has 1 N–H and O–H groups in total. The van der Waals surface area contributed by atoms with Crippen molar-refractivity contribution in [3.63, 3.8) is 0 Å². The third-order valence-electron chi connectivity index (χ3n) is 4.07. The molecule has 1 heteroatoms. The highest BCUT2D eigenvalue weighted by atomic mass is 14.9. The molecule has 1 unspecified atom stereocenters. The van der Waals surface area contributed by atoms with Gasteiger partial charge in [-0.1, -0.05) is 39.0 Å². The number of nitrogens with one attached hydrogen (secondary N) is 1. The molecule has 0 spiro atoms. The van der Waals surface area contributed by atoms with Crippen molar-refractivity contribution in [1.29, 1.82) is 0 Å². The summed E-state index contributed by atoms with van der Waals surface area (Å²) in [5, 5.41) is 3.69. The van der Waals surface area contributed by atoms with Crippen LogP contribution in [-0.4, -0.2) is 12.6 Å². The van der Waals surface area contributed by atoms with E-state index in [0.717, 1.165) is 17.9 Å². The second kappa shape index (κ2) is 5.16. The van der Waals surface area contributed by atoms with E-state index in [-0.39, 0.29) is 0 Å². The Bertz CT molecular complexity index is 157. The molecule has 0 heterocycles. The van der Waals surface area contributed by atoms with E-state index in [1.54, 1.807) is 0 Å². The summed E-state index contributed by atoms with van der Waals surface area (Å²) in [5.74, 6) is 1.96. The van der Waals surface area contributed by atoms with Crippen LogP contribution in [0, 0.1) is 11.8 Å². The van der Waals surface area contributed by atoms with Crippen LogP contribution in [0.5, 0.6) is 0 Å². The maximum absolute atomic E-state index is 3.69. The average Bonchev–Trinajstić information content (AvgIpc) is 2.54. The van der Waals surface area contributed by atoms with Gasteiger partial charge < -0.3 is 5.32 Å². The summed E-state index contributed by atoms with van der Waals surface area (Å²) in [5.41, 5.74) is 0. The maximum Gasteiger partial charge on any atom is 0.00671 e. The molecule has 0 bridgehead atoms. The molecular formula is C13H25N. The Hall–Kier alpha value is -0.0400. The largest absolute Gasteiger partial charge is 0.314 e. The smallest absolute Gasteiger partial charge is 0.00671 e. The Morgan fingerprint density at radius 1 is 1.07 bits per heavy atom. The summed E-state index contributed by atoms with van der Waals surface area (Å²) in [7, 11) is 0. The van der Waals surface area contributed by atoms with E-state index in [1.165, 1.54) is 57.9 Å². The highest BCUT2D eigenvalue weighted by molar-refractivity contribution is 4.78. The molecule has 0 aromatic rings. The zero-order valence-corrected chi connectivity index (χ0v) is 9.60. The normalized spacial score (nSPS) is 26.4. The van der Waals surface area contributed by atoms with Gasteiger partial charge in [-0.25, -0.2) is 0 Å². The van der Waals surface area contributed by atoms with E-state index >= 15 is 0 Å². The van der Waals surface area contributed by atoms with Gasteiger partial charge in [-0.05, 0) is 37.6 Å². The zero-order valence-electron chi connectivity index (χ0n) is 9.60. The van der Waals surface area contributed by atoms with Crippen LogP contribution in [-0.2, 0) is 0 Å². The van der Waals surface area contributed by atoms with Crippen molar-refractivity contribution < 1.29 is 0 Å². The van der Waals surface area contributed by atoms with Gasteiger partial charge in [0.2, 0.25) is 0 Å². The molecule has 2 aliphatic carbocycles. The van der Waals surface area contributed by atoms with Crippen molar-refractivity contribution >= 4 is 0 Å². The lowest BCUT2D eigenvalue weighted by molar-refractivity contribution is 0.301. The fourth-order valence-electron chi connectivity index (χ4n) is 2.88. The maximum atomic E-state index is 3.69. The highest BCUT2D eigenvalue weighted by Crippen LogP contribution is 2.30. The molecule has 2 rings (SSSR count). The van der Waals surface area contributed by atoms with E-state index in [4.69, 9.17) is 0 Å². The molecule has 0 saturated heterocycles. The first-order chi connectivity index (χ1) is 6.84. The van der Waals surface area contributed by atoms with Crippen LogP contribution >= 0.6 is 0 Å². The molecule has 1 atom stereocenters. The minimum Gasteiger partial charge on any atom is -0.314 e. The number of hydrogen-bond acceptors (Lipinski definition) is 1. The van der Waals surface area contributed by atoms with Crippen LogP contribution in [0.3, 0.4) is 0 Å². The molecule has 2 aliphatic rings. The molecule has 0 amide bonds. The Labute approximate surface area is 88.7 Å².